The summed E-state index contributed by atoms with van der Waals surface area (Å²) in [5.74, 6) is -0.483. The highest BCUT2D eigenvalue weighted by Crippen LogP contribution is 2.30. The molecule has 0 fully saturated rings. The number of halogens is 4. The summed E-state index contributed by atoms with van der Waals surface area (Å²) in [7, 11) is 1.67. The molecule has 0 atom stereocenters. The number of benzene rings is 2. The fourth-order valence-corrected chi connectivity index (χ4v) is 2.68. The summed E-state index contributed by atoms with van der Waals surface area (Å²) in [6, 6.07) is 10.4. The smallest absolute Gasteiger partial charge is 0.387 e. The van der Waals surface area contributed by atoms with E-state index >= 15 is 0 Å². The van der Waals surface area contributed by atoms with Gasteiger partial charge in [0, 0.05) is 6.54 Å². The van der Waals surface area contributed by atoms with Crippen molar-refractivity contribution in [2.75, 3.05) is 25.5 Å². The molecule has 2 aromatic carbocycles. The third-order valence-electron chi connectivity index (χ3n) is 3.77. The lowest BCUT2D eigenvalue weighted by atomic mass is 10.2. The summed E-state index contributed by atoms with van der Waals surface area (Å²) < 4.78 is 64.1. The van der Waals surface area contributed by atoms with Gasteiger partial charge in [-0.05, 0) is 43.8 Å². The van der Waals surface area contributed by atoms with Crippen molar-refractivity contribution >= 4 is 11.6 Å². The first-order valence-corrected chi connectivity index (χ1v) is 9.01. The number of anilines is 1. The van der Waals surface area contributed by atoms with Gasteiger partial charge in [0.1, 0.15) is 5.75 Å². The standard InChI is InChI=1S/C20H22F4N2O4/c1-3-28-17-10-13(8-9-16(17)30-20(23)24)11-26(2)12-18(27)25-14-6-4-5-7-15(14)29-19(21)22/h4-10,19-20H,3,11-12H2,1-2H3,(H,25,27). The van der Waals surface area contributed by atoms with Gasteiger partial charge in [0.25, 0.3) is 0 Å². The molecule has 0 radical (unpaired) electrons. The quantitative estimate of drug-likeness (QED) is 0.537. The maximum atomic E-state index is 12.5. The molecule has 30 heavy (non-hydrogen) atoms. The summed E-state index contributed by atoms with van der Waals surface area (Å²) >= 11 is 0. The number of likely N-dealkylation sites (N-methyl/N-ethyl adjacent to an activating group) is 1. The van der Waals surface area contributed by atoms with Gasteiger partial charge in [0.15, 0.2) is 11.5 Å². The predicted molar refractivity (Wildman–Crippen MR) is 102 cm³/mol. The van der Waals surface area contributed by atoms with Crippen molar-refractivity contribution < 1.29 is 36.6 Å². The van der Waals surface area contributed by atoms with E-state index in [2.05, 4.69) is 14.8 Å². The second-order valence-corrected chi connectivity index (χ2v) is 6.19. The van der Waals surface area contributed by atoms with Gasteiger partial charge < -0.3 is 19.5 Å². The normalized spacial score (nSPS) is 11.1. The van der Waals surface area contributed by atoms with Gasteiger partial charge in [-0.25, -0.2) is 0 Å². The molecule has 2 rings (SSSR count). The van der Waals surface area contributed by atoms with Gasteiger partial charge >= 0.3 is 13.2 Å². The number of rotatable bonds is 11. The lowest BCUT2D eigenvalue weighted by Crippen LogP contribution is -2.30. The number of nitrogens with zero attached hydrogens (tertiary/aromatic N) is 1. The molecule has 0 aliphatic carbocycles. The summed E-state index contributed by atoms with van der Waals surface area (Å²) in [5, 5.41) is 2.53. The molecule has 6 nitrogen and oxygen atoms in total. The first-order valence-electron chi connectivity index (χ1n) is 9.01. The summed E-state index contributed by atoms with van der Waals surface area (Å²) in [5.41, 5.74) is 0.833. The van der Waals surface area contributed by atoms with Crippen LogP contribution in [0.15, 0.2) is 42.5 Å². The van der Waals surface area contributed by atoms with Gasteiger partial charge in [0.2, 0.25) is 5.91 Å². The van der Waals surface area contributed by atoms with Crippen LogP contribution in [0.2, 0.25) is 0 Å². The Morgan fingerprint density at radius 1 is 1.00 bits per heavy atom. The van der Waals surface area contributed by atoms with Gasteiger partial charge in [-0.3, -0.25) is 9.69 Å². The minimum absolute atomic E-state index is 0.0533. The van der Waals surface area contributed by atoms with Crippen LogP contribution < -0.4 is 19.5 Å². The number of alkyl halides is 4. The molecule has 0 heterocycles. The fraction of sp³-hybridized carbons (Fsp3) is 0.350. The Hall–Kier alpha value is -3.01. The largest absolute Gasteiger partial charge is 0.490 e. The van der Waals surface area contributed by atoms with Crippen molar-refractivity contribution in [2.24, 2.45) is 0 Å². The van der Waals surface area contributed by atoms with Crippen LogP contribution in [0.1, 0.15) is 12.5 Å². The van der Waals surface area contributed by atoms with Crippen LogP contribution in [-0.4, -0.2) is 44.2 Å². The second-order valence-electron chi connectivity index (χ2n) is 6.19. The van der Waals surface area contributed by atoms with E-state index in [4.69, 9.17) is 4.74 Å². The molecule has 0 bridgehead atoms. The highest BCUT2D eigenvalue weighted by molar-refractivity contribution is 5.93. The monoisotopic (exact) mass is 430 g/mol. The van der Waals surface area contributed by atoms with Gasteiger partial charge in [-0.2, -0.15) is 17.6 Å². The van der Waals surface area contributed by atoms with Gasteiger partial charge in [-0.1, -0.05) is 18.2 Å². The van der Waals surface area contributed by atoms with E-state index in [9.17, 15) is 22.4 Å². The van der Waals surface area contributed by atoms with Crippen molar-refractivity contribution in [3.05, 3.63) is 48.0 Å². The average molecular weight is 430 g/mol. The van der Waals surface area contributed by atoms with Crippen molar-refractivity contribution in [3.63, 3.8) is 0 Å². The van der Waals surface area contributed by atoms with E-state index in [1.165, 1.54) is 24.3 Å². The minimum atomic E-state index is -3.01. The van der Waals surface area contributed by atoms with Crippen molar-refractivity contribution in [1.29, 1.82) is 0 Å². The average Bonchev–Trinajstić information content (AvgIpc) is 2.64. The van der Waals surface area contributed by atoms with Crippen LogP contribution in [0.3, 0.4) is 0 Å². The van der Waals surface area contributed by atoms with Crippen LogP contribution in [0.5, 0.6) is 17.2 Å². The zero-order chi connectivity index (χ0) is 22.1. The zero-order valence-corrected chi connectivity index (χ0v) is 16.4. The molecular weight excluding hydrogens is 408 g/mol. The molecule has 164 valence electrons. The Morgan fingerprint density at radius 3 is 2.33 bits per heavy atom. The summed E-state index contributed by atoms with van der Waals surface area (Å²) in [4.78, 5) is 13.9. The lowest BCUT2D eigenvalue weighted by molar-refractivity contribution is -0.117. The molecule has 0 saturated heterocycles. The number of ether oxygens (including phenoxy) is 3. The molecule has 2 aromatic rings. The van der Waals surface area contributed by atoms with Gasteiger partial charge in [0.05, 0.1) is 18.8 Å². The summed E-state index contributed by atoms with van der Waals surface area (Å²) in [6.07, 6.45) is 0. The molecule has 1 amide bonds. The van der Waals surface area contributed by atoms with E-state index in [1.807, 2.05) is 0 Å². The number of para-hydroxylation sites is 2. The van der Waals surface area contributed by atoms with E-state index < -0.39 is 19.1 Å². The van der Waals surface area contributed by atoms with Crippen LogP contribution in [0.4, 0.5) is 23.2 Å². The van der Waals surface area contributed by atoms with Crippen LogP contribution in [0, 0.1) is 0 Å². The molecule has 0 aliphatic heterocycles. The molecule has 10 heteroatoms. The Kier molecular flexibility index (Phi) is 8.72. The maximum Gasteiger partial charge on any atom is 0.387 e. The number of nitrogens with one attached hydrogen (secondary N) is 1. The van der Waals surface area contributed by atoms with E-state index in [0.29, 0.717) is 12.1 Å². The third kappa shape index (κ3) is 7.43. The van der Waals surface area contributed by atoms with Crippen LogP contribution >= 0.6 is 0 Å². The first kappa shape index (κ1) is 23.3. The van der Waals surface area contributed by atoms with Crippen molar-refractivity contribution in [3.8, 4) is 17.2 Å². The molecule has 0 spiro atoms. The number of amides is 1. The second kappa shape index (κ2) is 11.2. The highest BCUT2D eigenvalue weighted by Gasteiger charge is 2.15. The topological polar surface area (TPSA) is 60.0 Å². The number of hydrogen-bond donors (Lipinski definition) is 1. The van der Waals surface area contributed by atoms with E-state index in [1.54, 1.807) is 37.1 Å². The third-order valence-corrected chi connectivity index (χ3v) is 3.77. The summed E-state index contributed by atoms with van der Waals surface area (Å²) in [6.45, 7) is -3.76. The molecular formula is C20H22F4N2O4. The Bertz CT molecular complexity index is 836. The van der Waals surface area contributed by atoms with Crippen molar-refractivity contribution in [1.82, 2.24) is 4.90 Å². The molecule has 0 aromatic heterocycles. The van der Waals surface area contributed by atoms with Crippen molar-refractivity contribution in [2.45, 2.75) is 26.7 Å². The number of hydrogen-bond acceptors (Lipinski definition) is 5. The fourth-order valence-electron chi connectivity index (χ4n) is 2.68. The number of carbonyl (C=O) groups excluding carboxylic acids is 1. The van der Waals surface area contributed by atoms with Crippen LogP contribution in [-0.2, 0) is 11.3 Å². The van der Waals surface area contributed by atoms with Gasteiger partial charge in [-0.15, -0.1) is 0 Å². The Balaban J connectivity index is 1.99. The van der Waals surface area contributed by atoms with Crippen LogP contribution in [0.25, 0.3) is 0 Å². The minimum Gasteiger partial charge on any atom is -0.490 e. The van der Waals surface area contributed by atoms with E-state index in [-0.39, 0.29) is 36.1 Å². The number of carbonyl (C=O) groups is 1. The molecule has 0 aliphatic rings. The molecule has 1 N–H and O–H groups in total. The zero-order valence-electron chi connectivity index (χ0n) is 16.4. The predicted octanol–water partition coefficient (Wildman–Crippen LogP) is 4.36. The Morgan fingerprint density at radius 2 is 1.67 bits per heavy atom. The molecule has 0 saturated carbocycles. The molecule has 0 unspecified atom stereocenters. The highest BCUT2D eigenvalue weighted by atomic mass is 19.3. The first-order chi connectivity index (χ1) is 14.3. The Labute approximate surface area is 171 Å². The maximum absolute atomic E-state index is 12.5. The lowest BCUT2D eigenvalue weighted by Gasteiger charge is -2.18. The van der Waals surface area contributed by atoms with E-state index in [0.717, 1.165) is 0 Å². The SMILES string of the molecule is CCOc1cc(CN(C)CC(=O)Nc2ccccc2OC(F)F)ccc1OC(F)F.